The predicted octanol–water partition coefficient (Wildman–Crippen LogP) is 2.89. The smallest absolute Gasteiger partial charge is 0.303 e. The molecule has 1 N–H and O–H groups in total. The van der Waals surface area contributed by atoms with E-state index in [2.05, 4.69) is 11.7 Å². The molecule has 0 rings (SSSR count). The first-order valence-corrected chi connectivity index (χ1v) is 5.41. The first-order chi connectivity index (χ1) is 6.77. The second-order valence-corrected chi connectivity index (χ2v) is 3.57. The Kier molecular flexibility index (Phi) is 9.59. The molecule has 0 atom stereocenters. The van der Waals surface area contributed by atoms with Crippen LogP contribution in [0.1, 0.15) is 51.4 Å². The lowest BCUT2D eigenvalue weighted by Crippen LogP contribution is -1.93. The van der Waals surface area contributed by atoms with E-state index in [1.807, 2.05) is 0 Å². The summed E-state index contributed by atoms with van der Waals surface area (Å²) in [4.78, 5) is 14.0. The third-order valence-corrected chi connectivity index (χ3v) is 2.21. The Balaban J connectivity index is 2.92. The van der Waals surface area contributed by atoms with Crippen molar-refractivity contribution in [3.63, 3.8) is 0 Å². The molecule has 0 aliphatic rings. The summed E-state index contributed by atoms with van der Waals surface area (Å²) < 4.78 is 0. The number of nitrogens with zero attached hydrogens (tertiary/aromatic N) is 1. The fraction of sp³-hybridized carbons (Fsp3) is 0.818. The molecule has 0 fully saturated rings. The van der Waals surface area contributed by atoms with Gasteiger partial charge in [0.1, 0.15) is 0 Å². The SMILES string of the molecule is C=NCCCCCCCCCC(=O)O. The molecule has 0 heterocycles. The second-order valence-electron chi connectivity index (χ2n) is 3.57. The summed E-state index contributed by atoms with van der Waals surface area (Å²) in [6, 6.07) is 0. The van der Waals surface area contributed by atoms with E-state index < -0.39 is 5.97 Å². The van der Waals surface area contributed by atoms with E-state index in [0.29, 0.717) is 6.42 Å². The standard InChI is InChI=1S/C11H21NO2/c1-12-10-8-6-4-2-3-5-7-9-11(13)14/h1-10H2,(H,13,14). The van der Waals surface area contributed by atoms with Gasteiger partial charge >= 0.3 is 5.97 Å². The van der Waals surface area contributed by atoms with Crippen LogP contribution in [0.4, 0.5) is 0 Å². The molecule has 0 amide bonds. The monoisotopic (exact) mass is 199 g/mol. The van der Waals surface area contributed by atoms with Crippen LogP contribution in [0.3, 0.4) is 0 Å². The molecule has 0 saturated heterocycles. The van der Waals surface area contributed by atoms with Crippen molar-refractivity contribution in [3.05, 3.63) is 0 Å². The van der Waals surface area contributed by atoms with Crippen LogP contribution in [0.5, 0.6) is 0 Å². The molecule has 0 saturated carbocycles. The van der Waals surface area contributed by atoms with Crippen molar-refractivity contribution in [3.8, 4) is 0 Å². The van der Waals surface area contributed by atoms with Gasteiger partial charge in [-0.1, -0.05) is 32.1 Å². The van der Waals surface area contributed by atoms with Crippen LogP contribution in [-0.2, 0) is 4.79 Å². The highest BCUT2D eigenvalue weighted by atomic mass is 16.4. The van der Waals surface area contributed by atoms with Crippen LogP contribution in [0.15, 0.2) is 4.99 Å². The number of hydrogen-bond donors (Lipinski definition) is 1. The van der Waals surface area contributed by atoms with Gasteiger partial charge in [-0.05, 0) is 19.6 Å². The first-order valence-electron chi connectivity index (χ1n) is 5.41. The minimum Gasteiger partial charge on any atom is -0.481 e. The lowest BCUT2D eigenvalue weighted by molar-refractivity contribution is -0.137. The van der Waals surface area contributed by atoms with E-state index in [9.17, 15) is 4.79 Å². The summed E-state index contributed by atoms with van der Waals surface area (Å²) in [6.45, 7) is 4.30. The molecule has 0 aromatic heterocycles. The van der Waals surface area contributed by atoms with E-state index in [0.717, 1.165) is 32.2 Å². The summed E-state index contributed by atoms with van der Waals surface area (Å²) in [6.07, 6.45) is 8.17. The molecular formula is C11H21NO2. The van der Waals surface area contributed by atoms with Crippen molar-refractivity contribution < 1.29 is 9.90 Å². The number of aliphatic imine (C=N–C) groups is 1. The molecule has 0 bridgehead atoms. The topological polar surface area (TPSA) is 49.7 Å². The maximum atomic E-state index is 10.2. The Morgan fingerprint density at radius 2 is 1.50 bits per heavy atom. The number of carboxylic acids is 1. The molecule has 82 valence electrons. The zero-order valence-electron chi connectivity index (χ0n) is 8.87. The van der Waals surface area contributed by atoms with Crippen molar-refractivity contribution >= 4 is 12.7 Å². The van der Waals surface area contributed by atoms with E-state index in [1.54, 1.807) is 0 Å². The lowest BCUT2D eigenvalue weighted by atomic mass is 10.1. The summed E-state index contributed by atoms with van der Waals surface area (Å²) in [5.41, 5.74) is 0. The average Bonchev–Trinajstić information content (AvgIpc) is 2.15. The maximum Gasteiger partial charge on any atom is 0.303 e. The van der Waals surface area contributed by atoms with Gasteiger partial charge in [0.05, 0.1) is 0 Å². The van der Waals surface area contributed by atoms with Gasteiger partial charge in [0, 0.05) is 13.0 Å². The molecule has 3 heteroatoms. The molecule has 0 unspecified atom stereocenters. The highest BCUT2D eigenvalue weighted by molar-refractivity contribution is 5.66. The fourth-order valence-electron chi connectivity index (χ4n) is 1.38. The summed E-state index contributed by atoms with van der Waals surface area (Å²) >= 11 is 0. The number of unbranched alkanes of at least 4 members (excludes halogenated alkanes) is 6. The molecular weight excluding hydrogens is 178 g/mol. The van der Waals surface area contributed by atoms with Gasteiger partial charge in [0.2, 0.25) is 0 Å². The number of carbonyl (C=O) groups is 1. The Bertz CT molecular complexity index is 157. The number of aliphatic carboxylic acids is 1. The van der Waals surface area contributed by atoms with Gasteiger partial charge in [-0.25, -0.2) is 0 Å². The van der Waals surface area contributed by atoms with Crippen molar-refractivity contribution in [2.45, 2.75) is 51.4 Å². The van der Waals surface area contributed by atoms with Crippen molar-refractivity contribution in [2.24, 2.45) is 4.99 Å². The van der Waals surface area contributed by atoms with Gasteiger partial charge in [-0.3, -0.25) is 4.79 Å². The quantitative estimate of drug-likeness (QED) is 0.434. The van der Waals surface area contributed by atoms with Gasteiger partial charge in [-0.2, -0.15) is 0 Å². The highest BCUT2D eigenvalue weighted by Gasteiger charge is 1.96. The summed E-state index contributed by atoms with van der Waals surface area (Å²) in [5.74, 6) is -0.679. The van der Waals surface area contributed by atoms with Gasteiger partial charge < -0.3 is 10.1 Å². The Morgan fingerprint density at radius 3 is 2.00 bits per heavy atom. The predicted molar refractivity (Wildman–Crippen MR) is 59.0 cm³/mol. The van der Waals surface area contributed by atoms with Gasteiger partial charge in [-0.15, -0.1) is 0 Å². The van der Waals surface area contributed by atoms with Crippen LogP contribution in [0.2, 0.25) is 0 Å². The second kappa shape index (κ2) is 10.2. The molecule has 3 nitrogen and oxygen atoms in total. The van der Waals surface area contributed by atoms with Gasteiger partial charge in [0.25, 0.3) is 0 Å². The maximum absolute atomic E-state index is 10.2. The van der Waals surface area contributed by atoms with Crippen molar-refractivity contribution in [1.29, 1.82) is 0 Å². The fourth-order valence-corrected chi connectivity index (χ4v) is 1.38. The molecule has 0 aromatic rings. The molecule has 0 aliphatic carbocycles. The average molecular weight is 199 g/mol. The number of hydrogen-bond acceptors (Lipinski definition) is 2. The van der Waals surface area contributed by atoms with Crippen LogP contribution in [0, 0.1) is 0 Å². The number of rotatable bonds is 10. The highest BCUT2D eigenvalue weighted by Crippen LogP contribution is 2.08. The van der Waals surface area contributed by atoms with Gasteiger partial charge in [0.15, 0.2) is 0 Å². The first kappa shape index (κ1) is 13.1. The number of carboxylic acid groups (broad SMARTS) is 1. The van der Waals surface area contributed by atoms with Crippen molar-refractivity contribution in [2.75, 3.05) is 6.54 Å². The third-order valence-electron chi connectivity index (χ3n) is 2.21. The largest absolute Gasteiger partial charge is 0.481 e. The third kappa shape index (κ3) is 11.1. The van der Waals surface area contributed by atoms with E-state index in [1.165, 1.54) is 19.3 Å². The molecule has 0 radical (unpaired) electrons. The van der Waals surface area contributed by atoms with E-state index in [4.69, 9.17) is 5.11 Å². The lowest BCUT2D eigenvalue weighted by Gasteiger charge is -1.99. The van der Waals surface area contributed by atoms with Crippen LogP contribution < -0.4 is 0 Å². The van der Waals surface area contributed by atoms with E-state index in [-0.39, 0.29) is 0 Å². The Hall–Kier alpha value is -0.860. The Morgan fingerprint density at radius 1 is 1.00 bits per heavy atom. The zero-order chi connectivity index (χ0) is 10.6. The minimum atomic E-state index is -0.679. The molecule has 0 aromatic carbocycles. The van der Waals surface area contributed by atoms with Crippen LogP contribution in [0.25, 0.3) is 0 Å². The zero-order valence-corrected chi connectivity index (χ0v) is 8.87. The van der Waals surface area contributed by atoms with Crippen LogP contribution >= 0.6 is 0 Å². The summed E-state index contributed by atoms with van der Waals surface area (Å²) in [7, 11) is 0. The van der Waals surface area contributed by atoms with E-state index >= 15 is 0 Å². The molecule has 14 heavy (non-hydrogen) atoms. The van der Waals surface area contributed by atoms with Crippen LogP contribution in [-0.4, -0.2) is 24.3 Å². The Labute approximate surface area is 86.2 Å². The molecule has 0 spiro atoms. The molecule has 0 aliphatic heterocycles. The van der Waals surface area contributed by atoms with Crippen molar-refractivity contribution in [1.82, 2.24) is 0 Å². The normalized spacial score (nSPS) is 10.0. The summed E-state index contributed by atoms with van der Waals surface area (Å²) in [5, 5.41) is 8.40. The minimum absolute atomic E-state index is 0.320.